The number of hydrogen-bond donors (Lipinski definition) is 0. The SMILES string of the molecule is COC(=O)N1CCCN(C(=O)/C=C/c2c(C)nn(Cc3ccc(C)cc3)c2C)CC1. The molecule has 0 atom stereocenters. The van der Waals surface area contributed by atoms with Crippen molar-refractivity contribution in [3.8, 4) is 0 Å². The Kier molecular flexibility index (Phi) is 6.92. The number of aryl methyl sites for hydroxylation is 2. The lowest BCUT2D eigenvalue weighted by Crippen LogP contribution is -2.36. The molecule has 1 saturated heterocycles. The van der Waals surface area contributed by atoms with Crippen LogP contribution in [0.4, 0.5) is 4.79 Å². The van der Waals surface area contributed by atoms with Gasteiger partial charge in [0, 0.05) is 43.5 Å². The molecule has 0 radical (unpaired) electrons. The second kappa shape index (κ2) is 9.61. The van der Waals surface area contributed by atoms with E-state index in [1.54, 1.807) is 15.9 Å². The highest BCUT2D eigenvalue weighted by Crippen LogP contribution is 2.17. The number of hydrogen-bond acceptors (Lipinski definition) is 4. The predicted molar refractivity (Wildman–Crippen MR) is 116 cm³/mol. The summed E-state index contributed by atoms with van der Waals surface area (Å²) < 4.78 is 6.76. The van der Waals surface area contributed by atoms with Gasteiger partial charge in [0.05, 0.1) is 19.3 Å². The minimum absolute atomic E-state index is 0.0493. The van der Waals surface area contributed by atoms with Crippen molar-refractivity contribution in [1.29, 1.82) is 0 Å². The smallest absolute Gasteiger partial charge is 0.409 e. The molecule has 30 heavy (non-hydrogen) atoms. The van der Waals surface area contributed by atoms with E-state index in [1.165, 1.54) is 18.2 Å². The molecular formula is C23H30N4O3. The lowest BCUT2D eigenvalue weighted by molar-refractivity contribution is -0.125. The summed E-state index contributed by atoms with van der Waals surface area (Å²) in [5.41, 5.74) is 5.33. The fraction of sp³-hybridized carbons (Fsp3) is 0.435. The van der Waals surface area contributed by atoms with Crippen molar-refractivity contribution in [2.45, 2.75) is 33.7 Å². The molecule has 160 valence electrons. The van der Waals surface area contributed by atoms with Gasteiger partial charge in [0.1, 0.15) is 0 Å². The quantitative estimate of drug-likeness (QED) is 0.726. The minimum Gasteiger partial charge on any atom is -0.453 e. The van der Waals surface area contributed by atoms with Gasteiger partial charge in [-0.1, -0.05) is 29.8 Å². The van der Waals surface area contributed by atoms with Crippen molar-refractivity contribution in [2.75, 3.05) is 33.3 Å². The fourth-order valence-corrected chi connectivity index (χ4v) is 3.68. The van der Waals surface area contributed by atoms with Gasteiger partial charge in [-0.2, -0.15) is 5.10 Å². The molecule has 1 aliphatic heterocycles. The Balaban J connectivity index is 1.67. The predicted octanol–water partition coefficient (Wildman–Crippen LogP) is 3.17. The lowest BCUT2D eigenvalue weighted by Gasteiger charge is -2.20. The van der Waals surface area contributed by atoms with Crippen LogP contribution in [0.3, 0.4) is 0 Å². The molecule has 1 fully saturated rings. The molecule has 2 aromatic rings. The first-order chi connectivity index (χ1) is 14.4. The van der Waals surface area contributed by atoms with Crippen LogP contribution in [0.25, 0.3) is 6.08 Å². The number of ether oxygens (including phenoxy) is 1. The third-order valence-electron chi connectivity index (χ3n) is 5.52. The van der Waals surface area contributed by atoms with E-state index in [-0.39, 0.29) is 12.0 Å². The zero-order valence-electron chi connectivity index (χ0n) is 18.2. The van der Waals surface area contributed by atoms with E-state index >= 15 is 0 Å². The number of benzene rings is 1. The molecule has 0 unspecified atom stereocenters. The van der Waals surface area contributed by atoms with E-state index in [9.17, 15) is 9.59 Å². The van der Waals surface area contributed by atoms with Gasteiger partial charge in [0.2, 0.25) is 5.91 Å². The van der Waals surface area contributed by atoms with Gasteiger partial charge < -0.3 is 14.5 Å². The lowest BCUT2D eigenvalue weighted by atomic mass is 10.1. The molecule has 0 saturated carbocycles. The molecule has 2 amide bonds. The van der Waals surface area contributed by atoms with Gasteiger partial charge in [-0.15, -0.1) is 0 Å². The normalized spacial score (nSPS) is 14.8. The maximum atomic E-state index is 12.7. The molecule has 0 N–H and O–H groups in total. The summed E-state index contributed by atoms with van der Waals surface area (Å²) in [5, 5.41) is 4.65. The van der Waals surface area contributed by atoms with Gasteiger partial charge >= 0.3 is 6.09 Å². The summed E-state index contributed by atoms with van der Waals surface area (Å²) in [7, 11) is 1.38. The number of rotatable bonds is 4. The zero-order chi connectivity index (χ0) is 21.7. The second-order valence-electron chi connectivity index (χ2n) is 7.70. The van der Waals surface area contributed by atoms with Crippen LogP contribution >= 0.6 is 0 Å². The Morgan fingerprint density at radius 3 is 2.40 bits per heavy atom. The Bertz CT molecular complexity index is 931. The molecule has 0 spiro atoms. The van der Waals surface area contributed by atoms with Crippen LogP contribution in [0.2, 0.25) is 0 Å². The van der Waals surface area contributed by atoms with E-state index < -0.39 is 0 Å². The summed E-state index contributed by atoms with van der Waals surface area (Å²) in [6.45, 7) is 8.98. The highest BCUT2D eigenvalue weighted by atomic mass is 16.5. The number of aromatic nitrogens is 2. The summed E-state index contributed by atoms with van der Waals surface area (Å²) in [6.07, 6.45) is 3.86. The van der Waals surface area contributed by atoms with Gasteiger partial charge in [0.15, 0.2) is 0 Å². The number of nitrogens with zero attached hydrogens (tertiary/aromatic N) is 4. The molecular weight excluding hydrogens is 380 g/mol. The van der Waals surface area contributed by atoms with Gasteiger partial charge in [0.25, 0.3) is 0 Å². The number of carbonyl (C=O) groups excluding carboxylic acids is 2. The highest BCUT2D eigenvalue weighted by Gasteiger charge is 2.21. The maximum Gasteiger partial charge on any atom is 0.409 e. The highest BCUT2D eigenvalue weighted by molar-refractivity contribution is 5.92. The monoisotopic (exact) mass is 410 g/mol. The summed E-state index contributed by atoms with van der Waals surface area (Å²) in [6, 6.07) is 8.43. The molecule has 0 bridgehead atoms. The summed E-state index contributed by atoms with van der Waals surface area (Å²) in [4.78, 5) is 27.8. The van der Waals surface area contributed by atoms with Gasteiger partial charge in [-0.3, -0.25) is 9.48 Å². The van der Waals surface area contributed by atoms with Crippen LogP contribution in [-0.2, 0) is 16.1 Å². The molecule has 1 aromatic heterocycles. The van der Waals surface area contributed by atoms with Crippen molar-refractivity contribution in [1.82, 2.24) is 19.6 Å². The molecule has 1 aliphatic rings. The topological polar surface area (TPSA) is 67.7 Å². The molecule has 7 nitrogen and oxygen atoms in total. The zero-order valence-corrected chi connectivity index (χ0v) is 18.2. The summed E-state index contributed by atoms with van der Waals surface area (Å²) in [5.74, 6) is -0.0493. The van der Waals surface area contributed by atoms with Crippen LogP contribution in [0.15, 0.2) is 30.3 Å². The number of methoxy groups -OCH3 is 1. The van der Waals surface area contributed by atoms with Gasteiger partial charge in [-0.05, 0) is 38.8 Å². The molecule has 1 aromatic carbocycles. The van der Waals surface area contributed by atoms with Crippen LogP contribution in [0, 0.1) is 20.8 Å². The van der Waals surface area contributed by atoms with Crippen molar-refractivity contribution in [3.63, 3.8) is 0 Å². The van der Waals surface area contributed by atoms with Crippen LogP contribution in [0.5, 0.6) is 0 Å². The Morgan fingerprint density at radius 2 is 1.70 bits per heavy atom. The Morgan fingerprint density at radius 1 is 1.03 bits per heavy atom. The Labute approximate surface area is 177 Å². The molecule has 0 aliphatic carbocycles. The maximum absolute atomic E-state index is 12.7. The third kappa shape index (κ3) is 5.09. The van der Waals surface area contributed by atoms with Crippen molar-refractivity contribution >= 4 is 18.1 Å². The van der Waals surface area contributed by atoms with E-state index in [4.69, 9.17) is 4.74 Å². The number of amides is 2. The van der Waals surface area contributed by atoms with Gasteiger partial charge in [-0.25, -0.2) is 4.79 Å². The van der Waals surface area contributed by atoms with E-state index in [1.807, 2.05) is 24.6 Å². The van der Waals surface area contributed by atoms with Crippen molar-refractivity contribution < 1.29 is 14.3 Å². The fourth-order valence-electron chi connectivity index (χ4n) is 3.68. The molecule has 3 rings (SSSR count). The van der Waals surface area contributed by atoms with E-state index in [0.717, 1.165) is 23.4 Å². The first-order valence-electron chi connectivity index (χ1n) is 10.3. The number of carbonyl (C=O) groups is 2. The Hall–Kier alpha value is -3.09. The second-order valence-corrected chi connectivity index (χ2v) is 7.70. The molecule has 7 heteroatoms. The van der Waals surface area contributed by atoms with E-state index in [2.05, 4.69) is 36.3 Å². The average Bonchev–Trinajstić information content (AvgIpc) is 2.91. The summed E-state index contributed by atoms with van der Waals surface area (Å²) >= 11 is 0. The van der Waals surface area contributed by atoms with Crippen molar-refractivity contribution in [2.24, 2.45) is 0 Å². The van der Waals surface area contributed by atoms with Crippen molar-refractivity contribution in [3.05, 3.63) is 58.4 Å². The average molecular weight is 411 g/mol. The van der Waals surface area contributed by atoms with E-state index in [0.29, 0.717) is 32.7 Å². The van der Waals surface area contributed by atoms with Crippen LogP contribution in [0.1, 0.15) is 34.5 Å². The minimum atomic E-state index is -0.341. The first kappa shape index (κ1) is 21.6. The largest absolute Gasteiger partial charge is 0.453 e. The van der Waals surface area contributed by atoms with Crippen LogP contribution < -0.4 is 0 Å². The molecule has 2 heterocycles. The third-order valence-corrected chi connectivity index (χ3v) is 5.52. The first-order valence-corrected chi connectivity index (χ1v) is 10.3. The van der Waals surface area contributed by atoms with Crippen LogP contribution in [-0.4, -0.2) is 64.9 Å². The standard InChI is InChI=1S/C23H30N4O3/c1-17-6-8-20(9-7-17)16-27-19(3)21(18(2)24-27)10-11-22(28)25-12-5-13-26(15-14-25)23(29)30-4/h6-11H,5,12-16H2,1-4H3/b11-10+.